The summed E-state index contributed by atoms with van der Waals surface area (Å²) >= 11 is 0. The third-order valence-corrected chi connectivity index (χ3v) is 3.60. The Labute approximate surface area is 144 Å². The van der Waals surface area contributed by atoms with Gasteiger partial charge in [0.25, 0.3) is 11.8 Å². The van der Waals surface area contributed by atoms with Crippen molar-refractivity contribution in [2.75, 3.05) is 11.9 Å². The Bertz CT molecular complexity index is 807. The minimum atomic E-state index is -0.708. The quantitative estimate of drug-likeness (QED) is 0.785. The second-order valence-corrected chi connectivity index (χ2v) is 5.86. The normalized spacial score (nSPS) is 13.2. The van der Waals surface area contributed by atoms with Gasteiger partial charge in [0.05, 0.1) is 0 Å². The molecule has 1 saturated carbocycles. The van der Waals surface area contributed by atoms with Gasteiger partial charge in [-0.2, -0.15) is 0 Å². The lowest BCUT2D eigenvalue weighted by Crippen LogP contribution is -2.25. The van der Waals surface area contributed by atoms with Crippen LogP contribution in [-0.4, -0.2) is 30.4 Å². The van der Waals surface area contributed by atoms with Crippen LogP contribution >= 0.6 is 0 Å². The van der Waals surface area contributed by atoms with Crippen molar-refractivity contribution in [3.63, 3.8) is 0 Å². The van der Waals surface area contributed by atoms with Crippen molar-refractivity contribution in [2.45, 2.75) is 25.8 Å². The van der Waals surface area contributed by atoms with Gasteiger partial charge in [-0.3, -0.25) is 9.59 Å². The summed E-state index contributed by atoms with van der Waals surface area (Å²) in [5.74, 6) is -0.753. The number of ether oxygens (including phenoxy) is 1. The van der Waals surface area contributed by atoms with E-state index in [2.05, 4.69) is 10.6 Å². The average molecular weight is 342 g/mol. The highest BCUT2D eigenvalue weighted by atomic mass is 16.5. The Kier molecular flexibility index (Phi) is 4.83. The van der Waals surface area contributed by atoms with Crippen LogP contribution in [0.25, 0.3) is 0 Å². The van der Waals surface area contributed by atoms with Crippen LogP contribution in [0.2, 0.25) is 0 Å². The first-order valence-corrected chi connectivity index (χ1v) is 7.95. The highest BCUT2D eigenvalue weighted by molar-refractivity contribution is 5.98. The van der Waals surface area contributed by atoms with Crippen molar-refractivity contribution in [3.05, 3.63) is 53.5 Å². The molecule has 1 fully saturated rings. The van der Waals surface area contributed by atoms with Crippen LogP contribution in [0, 0.1) is 6.92 Å². The Morgan fingerprint density at radius 1 is 1.20 bits per heavy atom. The number of nitrogens with one attached hydrogen (secondary N) is 2. The molecule has 2 N–H and O–H groups in total. The molecule has 2 aromatic rings. The molecule has 1 heterocycles. The minimum Gasteiger partial charge on any atom is -0.454 e. The molecule has 0 spiro atoms. The van der Waals surface area contributed by atoms with Crippen LogP contribution in [0.15, 0.2) is 40.8 Å². The van der Waals surface area contributed by atoms with Crippen molar-refractivity contribution >= 4 is 23.5 Å². The zero-order valence-corrected chi connectivity index (χ0v) is 13.7. The van der Waals surface area contributed by atoms with Gasteiger partial charge in [0.1, 0.15) is 5.76 Å². The van der Waals surface area contributed by atoms with Crippen molar-refractivity contribution in [1.82, 2.24) is 5.32 Å². The molecule has 0 saturated heterocycles. The fraction of sp³-hybridized carbons (Fsp3) is 0.278. The molecule has 130 valence electrons. The topological polar surface area (TPSA) is 97.6 Å². The smallest absolute Gasteiger partial charge is 0.374 e. The molecule has 0 radical (unpaired) electrons. The standard InChI is InChI=1S/C18H18N2O5/c1-11-5-8-15(25-11)18(23)24-10-16(21)19-14-4-2-3-12(9-14)17(22)20-13-6-7-13/h2-5,8-9,13H,6-7,10H2,1H3,(H,19,21)(H,20,22). The van der Waals surface area contributed by atoms with Crippen LogP contribution in [-0.2, 0) is 9.53 Å². The molecular formula is C18H18N2O5. The number of hydrogen-bond donors (Lipinski definition) is 2. The fourth-order valence-electron chi connectivity index (χ4n) is 2.18. The highest BCUT2D eigenvalue weighted by Crippen LogP contribution is 2.20. The van der Waals surface area contributed by atoms with Crippen molar-refractivity contribution < 1.29 is 23.5 Å². The summed E-state index contributed by atoms with van der Waals surface area (Å²) in [6, 6.07) is 9.96. The van der Waals surface area contributed by atoms with Crippen LogP contribution in [0.5, 0.6) is 0 Å². The number of esters is 1. The van der Waals surface area contributed by atoms with Gasteiger partial charge in [0.2, 0.25) is 5.76 Å². The summed E-state index contributed by atoms with van der Waals surface area (Å²) in [7, 11) is 0. The van der Waals surface area contributed by atoms with E-state index in [0.29, 0.717) is 17.0 Å². The SMILES string of the molecule is Cc1ccc(C(=O)OCC(=O)Nc2cccc(C(=O)NC3CC3)c2)o1. The predicted octanol–water partition coefficient (Wildman–Crippen LogP) is 2.28. The van der Waals surface area contributed by atoms with Gasteiger partial charge < -0.3 is 19.8 Å². The monoisotopic (exact) mass is 342 g/mol. The Morgan fingerprint density at radius 3 is 2.68 bits per heavy atom. The molecule has 1 aromatic carbocycles. The maximum absolute atomic E-state index is 12.0. The predicted molar refractivity (Wildman–Crippen MR) is 89.3 cm³/mol. The summed E-state index contributed by atoms with van der Waals surface area (Å²) in [6.07, 6.45) is 2.01. The Morgan fingerprint density at radius 2 is 2.00 bits per heavy atom. The lowest BCUT2D eigenvalue weighted by molar-refractivity contribution is -0.119. The Balaban J connectivity index is 1.52. The van der Waals surface area contributed by atoms with E-state index in [0.717, 1.165) is 12.8 Å². The van der Waals surface area contributed by atoms with Gasteiger partial charge in [-0.25, -0.2) is 4.79 Å². The van der Waals surface area contributed by atoms with Gasteiger partial charge in [-0.15, -0.1) is 0 Å². The largest absolute Gasteiger partial charge is 0.454 e. The second-order valence-electron chi connectivity index (χ2n) is 5.86. The first kappa shape index (κ1) is 16.8. The lowest BCUT2D eigenvalue weighted by Gasteiger charge is -2.08. The zero-order valence-electron chi connectivity index (χ0n) is 13.7. The van der Waals surface area contributed by atoms with E-state index in [1.54, 1.807) is 37.3 Å². The fourth-order valence-corrected chi connectivity index (χ4v) is 2.18. The molecule has 1 aromatic heterocycles. The van der Waals surface area contributed by atoms with Gasteiger partial charge >= 0.3 is 5.97 Å². The molecule has 25 heavy (non-hydrogen) atoms. The van der Waals surface area contributed by atoms with E-state index in [1.165, 1.54) is 6.07 Å². The molecule has 0 unspecified atom stereocenters. The third kappa shape index (κ3) is 4.69. The first-order chi connectivity index (χ1) is 12.0. The zero-order chi connectivity index (χ0) is 17.8. The molecule has 1 aliphatic rings. The second kappa shape index (κ2) is 7.21. The van der Waals surface area contributed by atoms with Crippen LogP contribution < -0.4 is 10.6 Å². The minimum absolute atomic E-state index is 0.0454. The lowest BCUT2D eigenvalue weighted by atomic mass is 10.2. The molecular weight excluding hydrogens is 324 g/mol. The molecule has 1 aliphatic carbocycles. The maximum Gasteiger partial charge on any atom is 0.374 e. The Hall–Kier alpha value is -3.09. The number of carbonyl (C=O) groups is 3. The summed E-state index contributed by atoms with van der Waals surface area (Å²) in [4.78, 5) is 35.6. The van der Waals surface area contributed by atoms with Crippen LogP contribution in [0.1, 0.15) is 39.5 Å². The van der Waals surface area contributed by atoms with Crippen molar-refractivity contribution in [1.29, 1.82) is 0 Å². The number of aryl methyl sites for hydroxylation is 1. The molecule has 0 atom stereocenters. The number of benzene rings is 1. The van der Waals surface area contributed by atoms with Crippen LogP contribution in [0.4, 0.5) is 5.69 Å². The van der Waals surface area contributed by atoms with Crippen molar-refractivity contribution in [2.24, 2.45) is 0 Å². The van der Waals surface area contributed by atoms with E-state index in [1.807, 2.05) is 0 Å². The van der Waals surface area contributed by atoms with E-state index >= 15 is 0 Å². The molecule has 7 nitrogen and oxygen atoms in total. The number of hydrogen-bond acceptors (Lipinski definition) is 5. The van der Waals surface area contributed by atoms with Gasteiger partial charge in [-0.1, -0.05) is 6.07 Å². The summed E-state index contributed by atoms with van der Waals surface area (Å²) in [5.41, 5.74) is 0.922. The number of furan rings is 1. The van der Waals surface area contributed by atoms with Gasteiger partial charge in [0.15, 0.2) is 6.61 Å². The average Bonchev–Trinajstić information content (AvgIpc) is 3.30. The van der Waals surface area contributed by atoms with E-state index < -0.39 is 18.5 Å². The molecule has 2 amide bonds. The van der Waals surface area contributed by atoms with Gasteiger partial charge in [0, 0.05) is 17.3 Å². The molecule has 7 heteroatoms. The number of amides is 2. The van der Waals surface area contributed by atoms with E-state index in [9.17, 15) is 14.4 Å². The van der Waals surface area contributed by atoms with Crippen molar-refractivity contribution in [3.8, 4) is 0 Å². The number of anilines is 1. The molecule has 0 bridgehead atoms. The third-order valence-electron chi connectivity index (χ3n) is 3.60. The molecule has 3 rings (SSSR count). The molecule has 0 aliphatic heterocycles. The van der Waals surface area contributed by atoms with E-state index in [-0.39, 0.29) is 17.7 Å². The number of rotatable bonds is 6. The first-order valence-electron chi connectivity index (χ1n) is 7.95. The van der Waals surface area contributed by atoms with Crippen LogP contribution in [0.3, 0.4) is 0 Å². The van der Waals surface area contributed by atoms with Gasteiger partial charge in [-0.05, 0) is 50.1 Å². The summed E-state index contributed by atoms with van der Waals surface area (Å²) in [5, 5.41) is 5.47. The maximum atomic E-state index is 12.0. The summed E-state index contributed by atoms with van der Waals surface area (Å²) in [6.45, 7) is 1.26. The highest BCUT2D eigenvalue weighted by Gasteiger charge is 2.23. The van der Waals surface area contributed by atoms with E-state index in [4.69, 9.17) is 9.15 Å². The number of carbonyl (C=O) groups excluding carboxylic acids is 3. The summed E-state index contributed by atoms with van der Waals surface area (Å²) < 4.78 is 10.0.